The number of benzene rings is 1. The van der Waals surface area contributed by atoms with E-state index in [4.69, 9.17) is 15.2 Å². The highest BCUT2D eigenvalue weighted by molar-refractivity contribution is 5.94. The minimum absolute atomic E-state index is 0.0444. The van der Waals surface area contributed by atoms with Gasteiger partial charge in [0.15, 0.2) is 17.5 Å². The lowest BCUT2D eigenvalue weighted by molar-refractivity contribution is -0.119. The van der Waals surface area contributed by atoms with Crippen molar-refractivity contribution in [2.24, 2.45) is 10.7 Å². The summed E-state index contributed by atoms with van der Waals surface area (Å²) in [5, 5.41) is 5.53. The Morgan fingerprint density at radius 2 is 2.14 bits per heavy atom. The summed E-state index contributed by atoms with van der Waals surface area (Å²) >= 11 is 0. The SMILES string of the molecule is C=CCNC(=O)CN=C(N)Nc1ccc2c(c1)OCCCO2. The van der Waals surface area contributed by atoms with Crippen molar-refractivity contribution in [3.63, 3.8) is 0 Å². The lowest BCUT2D eigenvalue weighted by atomic mass is 10.3. The van der Waals surface area contributed by atoms with Crippen molar-refractivity contribution in [1.29, 1.82) is 0 Å². The predicted octanol–water partition coefficient (Wildman–Crippen LogP) is 0.877. The van der Waals surface area contributed by atoms with Crippen LogP contribution in [0.1, 0.15) is 6.42 Å². The molecule has 0 spiro atoms. The van der Waals surface area contributed by atoms with Gasteiger partial charge >= 0.3 is 0 Å². The second kappa shape index (κ2) is 7.92. The molecular weight excluding hydrogens is 284 g/mol. The normalized spacial score (nSPS) is 13.9. The van der Waals surface area contributed by atoms with Gasteiger partial charge in [0.25, 0.3) is 0 Å². The van der Waals surface area contributed by atoms with E-state index in [0.29, 0.717) is 31.3 Å². The minimum Gasteiger partial charge on any atom is -0.490 e. The third kappa shape index (κ3) is 4.69. The Morgan fingerprint density at radius 1 is 1.36 bits per heavy atom. The number of anilines is 1. The van der Waals surface area contributed by atoms with Crippen LogP contribution in [0.15, 0.2) is 35.8 Å². The number of hydrogen-bond donors (Lipinski definition) is 3. The third-order valence-electron chi connectivity index (χ3n) is 2.86. The zero-order valence-electron chi connectivity index (χ0n) is 12.3. The maximum atomic E-state index is 11.4. The fraction of sp³-hybridized carbons (Fsp3) is 0.333. The number of carbonyl (C=O) groups excluding carboxylic acids is 1. The second-order valence-electron chi connectivity index (χ2n) is 4.63. The summed E-state index contributed by atoms with van der Waals surface area (Å²) in [7, 11) is 0. The molecule has 7 heteroatoms. The number of amides is 1. The molecule has 1 aliphatic heterocycles. The van der Waals surface area contributed by atoms with Gasteiger partial charge in [0.1, 0.15) is 6.54 Å². The lowest BCUT2D eigenvalue weighted by Crippen LogP contribution is -2.29. The van der Waals surface area contributed by atoms with Crippen LogP contribution >= 0.6 is 0 Å². The highest BCUT2D eigenvalue weighted by atomic mass is 16.5. The molecule has 2 rings (SSSR count). The van der Waals surface area contributed by atoms with E-state index in [1.54, 1.807) is 12.1 Å². The van der Waals surface area contributed by atoms with Gasteiger partial charge in [-0.25, -0.2) is 4.99 Å². The molecule has 0 aromatic heterocycles. The summed E-state index contributed by atoms with van der Waals surface area (Å²) in [6.45, 7) is 5.13. The Labute approximate surface area is 129 Å². The summed E-state index contributed by atoms with van der Waals surface area (Å²) in [4.78, 5) is 15.4. The molecule has 1 aliphatic rings. The van der Waals surface area contributed by atoms with Crippen LogP contribution in [0.25, 0.3) is 0 Å². The zero-order valence-corrected chi connectivity index (χ0v) is 12.3. The number of nitrogens with one attached hydrogen (secondary N) is 2. The van der Waals surface area contributed by atoms with Crippen LogP contribution in [-0.4, -0.2) is 38.2 Å². The van der Waals surface area contributed by atoms with Crippen molar-refractivity contribution in [2.45, 2.75) is 6.42 Å². The van der Waals surface area contributed by atoms with Crippen LogP contribution in [-0.2, 0) is 4.79 Å². The van der Waals surface area contributed by atoms with E-state index in [1.165, 1.54) is 0 Å². The number of hydrogen-bond acceptors (Lipinski definition) is 4. The topological polar surface area (TPSA) is 98.0 Å². The number of rotatable bonds is 5. The van der Waals surface area contributed by atoms with E-state index in [-0.39, 0.29) is 18.4 Å². The van der Waals surface area contributed by atoms with Crippen LogP contribution < -0.4 is 25.8 Å². The van der Waals surface area contributed by atoms with E-state index < -0.39 is 0 Å². The van der Waals surface area contributed by atoms with E-state index in [1.807, 2.05) is 12.1 Å². The Morgan fingerprint density at radius 3 is 2.91 bits per heavy atom. The van der Waals surface area contributed by atoms with Gasteiger partial charge in [-0.2, -0.15) is 0 Å². The van der Waals surface area contributed by atoms with Crippen LogP contribution in [0.3, 0.4) is 0 Å². The molecule has 7 nitrogen and oxygen atoms in total. The van der Waals surface area contributed by atoms with E-state index in [0.717, 1.165) is 12.1 Å². The van der Waals surface area contributed by atoms with Gasteiger partial charge in [0, 0.05) is 24.7 Å². The number of nitrogens with zero attached hydrogens (tertiary/aromatic N) is 1. The molecule has 0 fully saturated rings. The summed E-state index contributed by atoms with van der Waals surface area (Å²) in [5.74, 6) is 1.31. The number of guanidine groups is 1. The summed E-state index contributed by atoms with van der Waals surface area (Å²) in [6, 6.07) is 5.42. The Kier molecular flexibility index (Phi) is 5.65. The Balaban J connectivity index is 1.93. The Bertz CT molecular complexity index is 572. The molecular formula is C15H20N4O3. The minimum atomic E-state index is -0.219. The first-order chi connectivity index (χ1) is 10.7. The maximum Gasteiger partial charge on any atom is 0.242 e. The fourth-order valence-corrected chi connectivity index (χ4v) is 1.83. The van der Waals surface area contributed by atoms with Crippen LogP contribution in [0, 0.1) is 0 Å². The highest BCUT2D eigenvalue weighted by Crippen LogP contribution is 2.32. The van der Waals surface area contributed by atoms with Crippen molar-refractivity contribution in [2.75, 3.05) is 31.6 Å². The van der Waals surface area contributed by atoms with Gasteiger partial charge < -0.3 is 25.8 Å². The predicted molar refractivity (Wildman–Crippen MR) is 85.4 cm³/mol. The van der Waals surface area contributed by atoms with Gasteiger partial charge in [-0.3, -0.25) is 4.79 Å². The van der Waals surface area contributed by atoms with Crippen LogP contribution in [0.5, 0.6) is 11.5 Å². The average molecular weight is 304 g/mol. The molecule has 1 amide bonds. The summed E-state index contributed by atoms with van der Waals surface area (Å²) < 4.78 is 11.1. The first-order valence-corrected chi connectivity index (χ1v) is 7.03. The van der Waals surface area contributed by atoms with E-state index in [9.17, 15) is 4.79 Å². The molecule has 0 saturated carbocycles. The van der Waals surface area contributed by atoms with Crippen molar-refractivity contribution < 1.29 is 14.3 Å². The largest absolute Gasteiger partial charge is 0.490 e. The van der Waals surface area contributed by atoms with E-state index in [2.05, 4.69) is 22.2 Å². The highest BCUT2D eigenvalue weighted by Gasteiger charge is 2.10. The number of aliphatic imine (C=N–C) groups is 1. The Hall–Kier alpha value is -2.70. The molecule has 0 atom stereocenters. The first kappa shape index (κ1) is 15.7. The molecule has 22 heavy (non-hydrogen) atoms. The molecule has 1 aromatic carbocycles. The van der Waals surface area contributed by atoms with Crippen molar-refractivity contribution in [3.8, 4) is 11.5 Å². The van der Waals surface area contributed by atoms with Crippen molar-refractivity contribution >= 4 is 17.6 Å². The van der Waals surface area contributed by atoms with Crippen molar-refractivity contribution in [1.82, 2.24) is 5.32 Å². The number of nitrogens with two attached hydrogens (primary N) is 1. The van der Waals surface area contributed by atoms with Crippen molar-refractivity contribution in [3.05, 3.63) is 30.9 Å². The smallest absolute Gasteiger partial charge is 0.242 e. The maximum absolute atomic E-state index is 11.4. The number of fused-ring (bicyclic) bond motifs is 1. The fourth-order valence-electron chi connectivity index (χ4n) is 1.83. The molecule has 0 bridgehead atoms. The molecule has 0 saturated heterocycles. The molecule has 118 valence electrons. The van der Waals surface area contributed by atoms with Gasteiger partial charge in [0.2, 0.25) is 5.91 Å². The zero-order chi connectivity index (χ0) is 15.8. The number of ether oxygens (including phenoxy) is 2. The lowest BCUT2D eigenvalue weighted by Gasteiger charge is -2.10. The molecule has 0 unspecified atom stereocenters. The standard InChI is InChI=1S/C15H20N4O3/c1-2-6-17-14(20)10-18-15(16)19-11-4-5-12-13(9-11)22-8-3-7-21-12/h2,4-5,9H,1,3,6-8,10H2,(H,17,20)(H3,16,18,19). The molecule has 1 heterocycles. The van der Waals surface area contributed by atoms with E-state index >= 15 is 0 Å². The first-order valence-electron chi connectivity index (χ1n) is 7.03. The monoisotopic (exact) mass is 304 g/mol. The van der Waals surface area contributed by atoms with Crippen LogP contribution in [0.4, 0.5) is 5.69 Å². The second-order valence-corrected chi connectivity index (χ2v) is 4.63. The molecule has 0 radical (unpaired) electrons. The number of carbonyl (C=O) groups is 1. The quantitative estimate of drug-likeness (QED) is 0.426. The van der Waals surface area contributed by atoms with Gasteiger partial charge in [-0.15, -0.1) is 6.58 Å². The molecule has 4 N–H and O–H groups in total. The third-order valence-corrected chi connectivity index (χ3v) is 2.86. The van der Waals surface area contributed by atoms with Crippen LogP contribution in [0.2, 0.25) is 0 Å². The average Bonchev–Trinajstić information content (AvgIpc) is 2.75. The molecule has 1 aromatic rings. The van der Waals surface area contributed by atoms with Gasteiger partial charge in [-0.1, -0.05) is 6.08 Å². The van der Waals surface area contributed by atoms with Gasteiger partial charge in [0.05, 0.1) is 13.2 Å². The summed E-state index contributed by atoms with van der Waals surface area (Å²) in [5.41, 5.74) is 6.48. The summed E-state index contributed by atoms with van der Waals surface area (Å²) in [6.07, 6.45) is 2.45. The van der Waals surface area contributed by atoms with Gasteiger partial charge in [-0.05, 0) is 12.1 Å². The molecule has 0 aliphatic carbocycles.